The summed E-state index contributed by atoms with van der Waals surface area (Å²) in [6.07, 6.45) is 11.0. The van der Waals surface area contributed by atoms with E-state index in [9.17, 15) is 5.11 Å². The molecular formula is C13H25NO. The maximum atomic E-state index is 9.38. The number of aliphatic hydroxyl groups excluding tert-OH is 1. The molecule has 15 heavy (non-hydrogen) atoms. The van der Waals surface area contributed by atoms with E-state index < -0.39 is 0 Å². The molecule has 1 atom stereocenters. The average molecular weight is 211 g/mol. The lowest BCUT2D eigenvalue weighted by Gasteiger charge is -2.38. The third-order valence-corrected chi connectivity index (χ3v) is 4.27. The van der Waals surface area contributed by atoms with Gasteiger partial charge >= 0.3 is 0 Å². The van der Waals surface area contributed by atoms with Crippen molar-refractivity contribution in [2.24, 2.45) is 0 Å². The quantitative estimate of drug-likeness (QED) is 0.772. The highest BCUT2D eigenvalue weighted by Crippen LogP contribution is 2.32. The normalized spacial score (nSPS) is 26.6. The first-order valence-electron chi connectivity index (χ1n) is 6.71. The molecule has 0 aromatic carbocycles. The van der Waals surface area contributed by atoms with E-state index in [2.05, 4.69) is 11.8 Å². The minimum absolute atomic E-state index is 0.326. The molecule has 0 spiro atoms. The first-order valence-corrected chi connectivity index (χ1v) is 6.71. The van der Waals surface area contributed by atoms with Crippen LogP contribution in [0.3, 0.4) is 0 Å². The van der Waals surface area contributed by atoms with Crippen LogP contribution < -0.4 is 0 Å². The molecule has 1 N–H and O–H groups in total. The Morgan fingerprint density at radius 2 is 1.40 bits per heavy atom. The van der Waals surface area contributed by atoms with Gasteiger partial charge in [0.05, 0.1) is 6.61 Å². The van der Waals surface area contributed by atoms with Gasteiger partial charge in [0.15, 0.2) is 0 Å². The topological polar surface area (TPSA) is 23.5 Å². The van der Waals surface area contributed by atoms with Gasteiger partial charge in [0.2, 0.25) is 0 Å². The smallest absolute Gasteiger partial charge is 0.0584 e. The van der Waals surface area contributed by atoms with Gasteiger partial charge in [0.25, 0.3) is 0 Å². The molecule has 0 heterocycles. The van der Waals surface area contributed by atoms with Gasteiger partial charge in [-0.2, -0.15) is 0 Å². The summed E-state index contributed by atoms with van der Waals surface area (Å²) in [4.78, 5) is 2.65. The summed E-state index contributed by atoms with van der Waals surface area (Å²) in [6.45, 7) is 2.52. The molecule has 0 aliphatic heterocycles. The van der Waals surface area contributed by atoms with Gasteiger partial charge in [0.1, 0.15) is 0 Å². The zero-order chi connectivity index (χ0) is 10.7. The van der Waals surface area contributed by atoms with Crippen LogP contribution in [0.25, 0.3) is 0 Å². The summed E-state index contributed by atoms with van der Waals surface area (Å²) in [6, 6.07) is 1.92. The van der Waals surface area contributed by atoms with Crippen LogP contribution in [0.15, 0.2) is 0 Å². The molecule has 2 aliphatic rings. The molecule has 2 rings (SSSR count). The Morgan fingerprint density at radius 1 is 1.00 bits per heavy atom. The minimum Gasteiger partial charge on any atom is -0.395 e. The summed E-state index contributed by atoms with van der Waals surface area (Å²) in [7, 11) is 0. The Kier molecular flexibility index (Phi) is 4.04. The van der Waals surface area contributed by atoms with Crippen LogP contribution in [0.2, 0.25) is 0 Å². The van der Waals surface area contributed by atoms with Gasteiger partial charge < -0.3 is 5.11 Å². The Bertz CT molecular complexity index is 167. The van der Waals surface area contributed by atoms with Gasteiger partial charge in [-0.15, -0.1) is 0 Å². The zero-order valence-electron chi connectivity index (χ0n) is 9.99. The number of hydrogen-bond donors (Lipinski definition) is 1. The van der Waals surface area contributed by atoms with E-state index in [1.54, 1.807) is 0 Å². The third-order valence-electron chi connectivity index (χ3n) is 4.27. The molecule has 2 heteroatoms. The Morgan fingerprint density at radius 3 is 1.73 bits per heavy atom. The molecule has 88 valence electrons. The number of rotatable bonds is 4. The van der Waals surface area contributed by atoms with Gasteiger partial charge in [0, 0.05) is 18.1 Å². The molecule has 0 aromatic heterocycles. The van der Waals surface area contributed by atoms with E-state index >= 15 is 0 Å². The summed E-state index contributed by atoms with van der Waals surface area (Å²) in [5.41, 5.74) is 0. The van der Waals surface area contributed by atoms with Crippen LogP contribution in [0.4, 0.5) is 0 Å². The fraction of sp³-hybridized carbons (Fsp3) is 1.00. The van der Waals surface area contributed by atoms with Crippen molar-refractivity contribution < 1.29 is 5.11 Å². The van der Waals surface area contributed by atoms with Crippen molar-refractivity contribution in [3.63, 3.8) is 0 Å². The number of aliphatic hydroxyl groups is 1. The van der Waals surface area contributed by atoms with Gasteiger partial charge in [-0.05, 0) is 32.6 Å². The van der Waals surface area contributed by atoms with Gasteiger partial charge in [-0.1, -0.05) is 25.7 Å². The molecule has 0 bridgehead atoms. The lowest BCUT2D eigenvalue weighted by atomic mass is 10.1. The number of hydrogen-bond acceptors (Lipinski definition) is 2. The lowest BCUT2D eigenvalue weighted by molar-refractivity contribution is 0.0549. The van der Waals surface area contributed by atoms with Crippen LogP contribution in [0.5, 0.6) is 0 Å². The molecule has 0 amide bonds. The van der Waals surface area contributed by atoms with Gasteiger partial charge in [-0.3, -0.25) is 4.90 Å². The van der Waals surface area contributed by atoms with E-state index in [0.29, 0.717) is 12.6 Å². The van der Waals surface area contributed by atoms with E-state index in [1.165, 1.54) is 51.4 Å². The van der Waals surface area contributed by atoms with Gasteiger partial charge in [-0.25, -0.2) is 0 Å². The van der Waals surface area contributed by atoms with E-state index in [0.717, 1.165) is 12.1 Å². The second-order valence-corrected chi connectivity index (χ2v) is 5.36. The van der Waals surface area contributed by atoms with E-state index in [1.807, 2.05) is 0 Å². The van der Waals surface area contributed by atoms with Crippen molar-refractivity contribution in [1.82, 2.24) is 4.90 Å². The molecule has 0 saturated heterocycles. The van der Waals surface area contributed by atoms with Crippen molar-refractivity contribution >= 4 is 0 Å². The summed E-state index contributed by atoms with van der Waals surface area (Å²) in [5.74, 6) is 0. The van der Waals surface area contributed by atoms with Crippen molar-refractivity contribution in [2.45, 2.75) is 76.4 Å². The van der Waals surface area contributed by atoms with Crippen molar-refractivity contribution in [3.8, 4) is 0 Å². The third kappa shape index (κ3) is 2.54. The highest BCUT2D eigenvalue weighted by molar-refractivity contribution is 4.88. The average Bonchev–Trinajstić information content (AvgIpc) is 2.90. The molecule has 0 aromatic rings. The summed E-state index contributed by atoms with van der Waals surface area (Å²) in [5, 5.41) is 9.38. The van der Waals surface area contributed by atoms with Crippen LogP contribution >= 0.6 is 0 Å². The molecule has 1 unspecified atom stereocenters. The maximum absolute atomic E-state index is 9.38. The Balaban J connectivity index is 2.00. The zero-order valence-corrected chi connectivity index (χ0v) is 9.99. The fourth-order valence-corrected chi connectivity index (χ4v) is 3.52. The van der Waals surface area contributed by atoms with Crippen molar-refractivity contribution in [3.05, 3.63) is 0 Å². The summed E-state index contributed by atoms with van der Waals surface area (Å²) < 4.78 is 0. The van der Waals surface area contributed by atoms with Crippen LogP contribution in [0, 0.1) is 0 Å². The Labute approximate surface area is 93.7 Å². The molecule has 2 fully saturated rings. The standard InChI is InChI=1S/C13H25NO/c1-11(10-15)14(12-6-2-3-7-12)13-8-4-5-9-13/h11-13,15H,2-10H2,1H3. The van der Waals surface area contributed by atoms with Crippen LogP contribution in [-0.4, -0.2) is 34.7 Å². The lowest BCUT2D eigenvalue weighted by Crippen LogP contribution is -2.47. The monoisotopic (exact) mass is 211 g/mol. The van der Waals surface area contributed by atoms with Crippen LogP contribution in [-0.2, 0) is 0 Å². The van der Waals surface area contributed by atoms with E-state index in [-0.39, 0.29) is 0 Å². The second kappa shape index (κ2) is 5.31. The molecular weight excluding hydrogens is 186 g/mol. The number of nitrogens with zero attached hydrogens (tertiary/aromatic N) is 1. The molecule has 2 saturated carbocycles. The first kappa shape index (κ1) is 11.4. The SMILES string of the molecule is CC(CO)N(C1CCCC1)C1CCCC1. The largest absolute Gasteiger partial charge is 0.395 e. The van der Waals surface area contributed by atoms with Crippen LogP contribution in [0.1, 0.15) is 58.3 Å². The molecule has 2 aliphatic carbocycles. The predicted octanol–water partition coefficient (Wildman–Crippen LogP) is 2.55. The first-order chi connectivity index (χ1) is 7.33. The van der Waals surface area contributed by atoms with Crippen molar-refractivity contribution in [1.29, 1.82) is 0 Å². The highest BCUT2D eigenvalue weighted by atomic mass is 16.3. The maximum Gasteiger partial charge on any atom is 0.0584 e. The Hall–Kier alpha value is -0.0800. The summed E-state index contributed by atoms with van der Waals surface area (Å²) >= 11 is 0. The molecule has 2 nitrogen and oxygen atoms in total. The van der Waals surface area contributed by atoms with E-state index in [4.69, 9.17) is 0 Å². The predicted molar refractivity (Wildman–Crippen MR) is 62.9 cm³/mol. The van der Waals surface area contributed by atoms with Crippen molar-refractivity contribution in [2.75, 3.05) is 6.61 Å². The molecule has 0 radical (unpaired) electrons. The second-order valence-electron chi connectivity index (χ2n) is 5.36. The fourth-order valence-electron chi connectivity index (χ4n) is 3.52. The highest BCUT2D eigenvalue weighted by Gasteiger charge is 2.33. The minimum atomic E-state index is 0.326.